The molecule has 9 heteroatoms. The fraction of sp³-hybridized carbons (Fsp3) is 0. The summed E-state index contributed by atoms with van der Waals surface area (Å²) in [6.45, 7) is 0. The highest BCUT2D eigenvalue weighted by Gasteiger charge is 2.24. The van der Waals surface area contributed by atoms with Crippen molar-refractivity contribution in [1.29, 1.82) is 0 Å². The molecule has 29 heavy (non-hydrogen) atoms. The SMILES string of the molecule is NS(=O)(=O)c1ccc(-c2ccc(C=C3SC(=O)NC3=Nc3ccccc3)o2)cc1. The number of sulfonamides is 1. The van der Waals surface area contributed by atoms with Gasteiger partial charge in [0.2, 0.25) is 10.0 Å². The van der Waals surface area contributed by atoms with E-state index in [-0.39, 0.29) is 10.1 Å². The van der Waals surface area contributed by atoms with Crippen LogP contribution in [0.4, 0.5) is 10.5 Å². The van der Waals surface area contributed by atoms with Gasteiger partial charge in [-0.2, -0.15) is 0 Å². The van der Waals surface area contributed by atoms with Gasteiger partial charge in [0.25, 0.3) is 5.24 Å². The zero-order valence-corrected chi connectivity index (χ0v) is 16.5. The average Bonchev–Trinajstić information content (AvgIpc) is 3.29. The number of amidine groups is 1. The minimum absolute atomic E-state index is 0.0313. The molecular formula is C20H15N3O4S2. The molecule has 4 rings (SSSR count). The molecule has 0 unspecified atom stereocenters. The van der Waals surface area contributed by atoms with Crippen molar-refractivity contribution in [1.82, 2.24) is 5.32 Å². The molecule has 0 radical (unpaired) electrons. The van der Waals surface area contributed by atoms with Gasteiger partial charge < -0.3 is 9.73 Å². The van der Waals surface area contributed by atoms with Gasteiger partial charge in [-0.3, -0.25) is 4.79 Å². The lowest BCUT2D eigenvalue weighted by Crippen LogP contribution is -2.18. The third-order valence-electron chi connectivity index (χ3n) is 4.02. The summed E-state index contributed by atoms with van der Waals surface area (Å²) in [6, 6.07) is 18.9. The van der Waals surface area contributed by atoms with E-state index in [4.69, 9.17) is 9.56 Å². The van der Waals surface area contributed by atoms with Crippen molar-refractivity contribution in [2.24, 2.45) is 10.1 Å². The number of furan rings is 1. The van der Waals surface area contributed by atoms with Crippen molar-refractivity contribution < 1.29 is 17.6 Å². The summed E-state index contributed by atoms with van der Waals surface area (Å²) < 4.78 is 28.6. The first-order valence-corrected chi connectivity index (χ1v) is 10.8. The zero-order chi connectivity index (χ0) is 20.4. The molecule has 1 saturated heterocycles. The predicted molar refractivity (Wildman–Crippen MR) is 113 cm³/mol. The van der Waals surface area contributed by atoms with Crippen LogP contribution >= 0.6 is 11.8 Å². The van der Waals surface area contributed by atoms with E-state index in [1.807, 2.05) is 30.3 Å². The van der Waals surface area contributed by atoms with Crippen LogP contribution in [0.5, 0.6) is 0 Å². The summed E-state index contributed by atoms with van der Waals surface area (Å²) in [7, 11) is -3.74. The highest BCUT2D eigenvalue weighted by atomic mass is 32.2. The molecule has 0 spiro atoms. The lowest BCUT2D eigenvalue weighted by atomic mass is 10.2. The summed E-state index contributed by atoms with van der Waals surface area (Å²) in [5.74, 6) is 1.55. The second kappa shape index (κ2) is 7.70. The second-order valence-corrected chi connectivity index (χ2v) is 8.67. The number of primary sulfonamides is 1. The summed E-state index contributed by atoms with van der Waals surface area (Å²) >= 11 is 1.04. The van der Waals surface area contributed by atoms with Crippen LogP contribution in [0.1, 0.15) is 5.76 Å². The first-order valence-electron chi connectivity index (χ1n) is 8.46. The monoisotopic (exact) mass is 425 g/mol. The molecule has 0 aliphatic carbocycles. The van der Waals surface area contributed by atoms with E-state index >= 15 is 0 Å². The maximum atomic E-state index is 11.8. The molecule has 0 saturated carbocycles. The van der Waals surface area contributed by atoms with Crippen molar-refractivity contribution in [2.75, 3.05) is 0 Å². The van der Waals surface area contributed by atoms with Crippen LogP contribution in [0.15, 0.2) is 85.9 Å². The Morgan fingerprint density at radius 2 is 1.72 bits per heavy atom. The van der Waals surface area contributed by atoms with E-state index in [1.165, 1.54) is 12.1 Å². The number of hydrogen-bond acceptors (Lipinski definition) is 6. The van der Waals surface area contributed by atoms with Crippen molar-refractivity contribution in [3.63, 3.8) is 0 Å². The van der Waals surface area contributed by atoms with Crippen LogP contribution < -0.4 is 10.5 Å². The molecule has 1 aliphatic heterocycles. The minimum atomic E-state index is -3.74. The maximum absolute atomic E-state index is 11.8. The Hall–Kier alpha value is -3.14. The summed E-state index contributed by atoms with van der Waals surface area (Å²) in [5.41, 5.74) is 1.43. The fourth-order valence-electron chi connectivity index (χ4n) is 2.67. The normalized spacial score (nSPS) is 17.1. The number of rotatable bonds is 4. The quantitative estimate of drug-likeness (QED) is 0.652. The minimum Gasteiger partial charge on any atom is -0.457 e. The molecule has 7 nitrogen and oxygen atoms in total. The fourth-order valence-corrected chi connectivity index (χ4v) is 3.90. The number of carbonyl (C=O) groups excluding carboxylic acids is 1. The van der Waals surface area contributed by atoms with Crippen LogP contribution in [0.2, 0.25) is 0 Å². The largest absolute Gasteiger partial charge is 0.457 e. The first kappa shape index (κ1) is 19.2. The number of thioether (sulfide) groups is 1. The predicted octanol–water partition coefficient (Wildman–Crippen LogP) is 4.12. The van der Waals surface area contributed by atoms with Crippen LogP contribution in [0.3, 0.4) is 0 Å². The lowest BCUT2D eigenvalue weighted by Gasteiger charge is -2.00. The molecule has 3 aromatic rings. The molecule has 3 N–H and O–H groups in total. The third-order valence-corrected chi connectivity index (χ3v) is 5.77. The van der Waals surface area contributed by atoms with Gasteiger partial charge in [-0.05, 0) is 66.4 Å². The van der Waals surface area contributed by atoms with Gasteiger partial charge in [-0.25, -0.2) is 18.5 Å². The van der Waals surface area contributed by atoms with Gasteiger partial charge in [-0.1, -0.05) is 18.2 Å². The third kappa shape index (κ3) is 4.48. The molecule has 1 aliphatic rings. The molecule has 1 amide bonds. The average molecular weight is 425 g/mol. The Morgan fingerprint density at radius 1 is 1.00 bits per heavy atom. The van der Waals surface area contributed by atoms with Gasteiger partial charge in [-0.15, -0.1) is 0 Å². The number of benzene rings is 2. The van der Waals surface area contributed by atoms with Crippen molar-refractivity contribution in [2.45, 2.75) is 4.90 Å². The Kier molecular flexibility index (Phi) is 5.10. The number of nitrogens with zero attached hydrogens (tertiary/aromatic N) is 1. The first-order chi connectivity index (χ1) is 13.9. The van der Waals surface area contributed by atoms with E-state index in [9.17, 15) is 13.2 Å². The van der Waals surface area contributed by atoms with E-state index < -0.39 is 10.0 Å². The number of nitrogens with one attached hydrogen (secondary N) is 1. The zero-order valence-electron chi connectivity index (χ0n) is 14.9. The topological polar surface area (TPSA) is 115 Å². The van der Waals surface area contributed by atoms with E-state index in [0.29, 0.717) is 27.8 Å². The molecule has 0 bridgehead atoms. The molecule has 2 heterocycles. The highest BCUT2D eigenvalue weighted by Crippen LogP contribution is 2.30. The van der Waals surface area contributed by atoms with Gasteiger partial charge in [0.1, 0.15) is 17.4 Å². The standard InChI is InChI=1S/C20H15N3O4S2/c21-29(25,26)16-9-6-13(7-10-16)17-11-8-15(27-17)12-18-19(23-20(24)28-18)22-14-4-2-1-3-5-14/h1-12H,(H2,21,25,26)(H,22,23,24). The van der Waals surface area contributed by atoms with Crippen molar-refractivity contribution in [3.05, 3.63) is 77.4 Å². The van der Waals surface area contributed by atoms with E-state index in [2.05, 4.69) is 10.3 Å². The highest BCUT2D eigenvalue weighted by molar-refractivity contribution is 8.18. The molecule has 0 atom stereocenters. The summed E-state index contributed by atoms with van der Waals surface area (Å²) in [4.78, 5) is 17.0. The maximum Gasteiger partial charge on any atom is 0.289 e. The molecule has 2 aromatic carbocycles. The van der Waals surface area contributed by atoms with Gasteiger partial charge in [0.05, 0.1) is 15.5 Å². The molecule has 146 valence electrons. The Labute approximate surface area is 171 Å². The van der Waals surface area contributed by atoms with Gasteiger partial charge in [0, 0.05) is 5.56 Å². The summed E-state index contributed by atoms with van der Waals surface area (Å²) in [5, 5.41) is 7.63. The van der Waals surface area contributed by atoms with Crippen LogP contribution in [-0.4, -0.2) is 19.5 Å². The number of carbonyl (C=O) groups is 1. The van der Waals surface area contributed by atoms with E-state index in [0.717, 1.165) is 17.4 Å². The van der Waals surface area contributed by atoms with Crippen LogP contribution in [0, 0.1) is 0 Å². The molecule has 1 aromatic heterocycles. The summed E-state index contributed by atoms with van der Waals surface area (Å²) in [6.07, 6.45) is 1.73. The molecule has 1 fully saturated rings. The number of nitrogens with two attached hydrogens (primary N) is 1. The second-order valence-electron chi connectivity index (χ2n) is 6.09. The van der Waals surface area contributed by atoms with E-state index in [1.54, 1.807) is 30.3 Å². The van der Waals surface area contributed by atoms with Crippen molar-refractivity contribution in [3.8, 4) is 11.3 Å². The Morgan fingerprint density at radius 3 is 2.41 bits per heavy atom. The lowest BCUT2D eigenvalue weighted by molar-refractivity contribution is 0.265. The smallest absolute Gasteiger partial charge is 0.289 e. The van der Waals surface area contributed by atoms with Gasteiger partial charge >= 0.3 is 0 Å². The Bertz CT molecular complexity index is 1230. The van der Waals surface area contributed by atoms with Crippen LogP contribution in [0.25, 0.3) is 17.4 Å². The molecular weight excluding hydrogens is 410 g/mol. The number of hydrogen-bond donors (Lipinski definition) is 2. The van der Waals surface area contributed by atoms with Gasteiger partial charge in [0.15, 0.2) is 0 Å². The Balaban J connectivity index is 1.61. The number of aliphatic imine (C=N–C) groups is 1. The van der Waals surface area contributed by atoms with Crippen LogP contribution in [-0.2, 0) is 10.0 Å². The number of amides is 1. The number of para-hydroxylation sites is 1. The van der Waals surface area contributed by atoms with Crippen molar-refractivity contribution >= 4 is 44.6 Å².